The molecule has 0 spiro atoms. The molecule has 128 valence electrons. The number of benzene rings is 3. The molecule has 26 heavy (non-hydrogen) atoms. The van der Waals surface area contributed by atoms with Crippen LogP contribution in [-0.2, 0) is 13.2 Å². The molecule has 0 bridgehead atoms. The van der Waals surface area contributed by atoms with Crippen molar-refractivity contribution in [3.8, 4) is 5.75 Å². The van der Waals surface area contributed by atoms with Crippen molar-refractivity contribution >= 4 is 10.9 Å². The van der Waals surface area contributed by atoms with Crippen molar-refractivity contribution < 1.29 is 4.74 Å². The van der Waals surface area contributed by atoms with Crippen molar-refractivity contribution in [1.82, 2.24) is 4.57 Å². The maximum atomic E-state index is 12.8. The highest BCUT2D eigenvalue weighted by Crippen LogP contribution is 2.25. The molecule has 0 atom stereocenters. The molecule has 3 nitrogen and oxygen atoms in total. The van der Waals surface area contributed by atoms with Crippen molar-refractivity contribution in [3.63, 3.8) is 0 Å². The van der Waals surface area contributed by atoms with Gasteiger partial charge in [-0.25, -0.2) is 0 Å². The van der Waals surface area contributed by atoms with Gasteiger partial charge in [0.1, 0.15) is 12.4 Å². The van der Waals surface area contributed by atoms with Crippen LogP contribution in [0.15, 0.2) is 95.8 Å². The predicted molar refractivity (Wildman–Crippen MR) is 105 cm³/mol. The fraction of sp³-hybridized carbons (Fsp3) is 0.0870. The summed E-state index contributed by atoms with van der Waals surface area (Å²) in [5.74, 6) is 0.624. The van der Waals surface area contributed by atoms with E-state index in [0.717, 1.165) is 22.0 Å². The molecule has 1 aromatic heterocycles. The number of rotatable bonds is 5. The second-order valence-electron chi connectivity index (χ2n) is 6.21. The third kappa shape index (κ3) is 3.38. The third-order valence-corrected chi connectivity index (χ3v) is 4.40. The van der Waals surface area contributed by atoms with E-state index in [9.17, 15) is 4.79 Å². The quantitative estimate of drug-likeness (QED) is 0.530. The lowest BCUT2D eigenvalue weighted by Crippen LogP contribution is -2.20. The van der Waals surface area contributed by atoms with Gasteiger partial charge in [0.25, 0.3) is 5.56 Å². The van der Waals surface area contributed by atoms with Crippen LogP contribution in [0.1, 0.15) is 11.1 Å². The summed E-state index contributed by atoms with van der Waals surface area (Å²) in [6.45, 7) is 0.978. The molecule has 1 heterocycles. The van der Waals surface area contributed by atoms with E-state index in [4.69, 9.17) is 4.74 Å². The average molecular weight is 341 g/mol. The van der Waals surface area contributed by atoms with Crippen LogP contribution in [0.2, 0.25) is 0 Å². The van der Waals surface area contributed by atoms with Crippen LogP contribution in [0, 0.1) is 0 Å². The van der Waals surface area contributed by atoms with Crippen molar-refractivity contribution in [1.29, 1.82) is 0 Å². The number of hydrogen-bond acceptors (Lipinski definition) is 2. The Labute approximate surface area is 152 Å². The van der Waals surface area contributed by atoms with E-state index in [-0.39, 0.29) is 5.56 Å². The lowest BCUT2D eigenvalue weighted by atomic mass is 10.1. The molecule has 0 fully saturated rings. The van der Waals surface area contributed by atoms with Gasteiger partial charge in [0.05, 0.1) is 12.1 Å². The van der Waals surface area contributed by atoms with Gasteiger partial charge in [-0.05, 0) is 23.3 Å². The number of ether oxygens (including phenoxy) is 1. The lowest BCUT2D eigenvalue weighted by molar-refractivity contribution is 0.309. The van der Waals surface area contributed by atoms with Gasteiger partial charge in [0.15, 0.2) is 0 Å². The Kier molecular flexibility index (Phi) is 4.52. The number of para-hydroxylation sites is 1. The first-order chi connectivity index (χ1) is 12.8. The predicted octanol–water partition coefficient (Wildman–Crippen LogP) is 4.63. The first kappa shape index (κ1) is 16.2. The summed E-state index contributed by atoms with van der Waals surface area (Å²) in [5.41, 5.74) is 2.99. The topological polar surface area (TPSA) is 31.2 Å². The molecule has 4 rings (SSSR count). The zero-order chi connectivity index (χ0) is 17.8. The summed E-state index contributed by atoms with van der Waals surface area (Å²) in [5, 5.41) is 0.943. The van der Waals surface area contributed by atoms with Crippen molar-refractivity contribution in [2.24, 2.45) is 0 Å². The van der Waals surface area contributed by atoms with Crippen LogP contribution >= 0.6 is 0 Å². The van der Waals surface area contributed by atoms with E-state index < -0.39 is 0 Å². The van der Waals surface area contributed by atoms with Crippen molar-refractivity contribution in [3.05, 3.63) is 112 Å². The monoisotopic (exact) mass is 341 g/mol. The number of nitrogens with zero attached hydrogens (tertiary/aromatic N) is 1. The summed E-state index contributed by atoms with van der Waals surface area (Å²) >= 11 is 0. The highest BCUT2D eigenvalue weighted by atomic mass is 16.5. The normalized spacial score (nSPS) is 10.8. The van der Waals surface area contributed by atoms with Crippen LogP contribution in [0.25, 0.3) is 10.9 Å². The molecule has 0 amide bonds. The molecule has 3 aromatic carbocycles. The highest BCUT2D eigenvalue weighted by Gasteiger charge is 2.10. The zero-order valence-corrected chi connectivity index (χ0v) is 14.3. The van der Waals surface area contributed by atoms with Crippen LogP contribution in [0.5, 0.6) is 5.75 Å². The summed E-state index contributed by atoms with van der Waals surface area (Å²) in [6, 6.07) is 29.4. The Morgan fingerprint density at radius 3 is 2.08 bits per heavy atom. The van der Waals surface area contributed by atoms with Crippen LogP contribution < -0.4 is 10.3 Å². The minimum absolute atomic E-state index is 0.0596. The fourth-order valence-corrected chi connectivity index (χ4v) is 3.09. The Morgan fingerprint density at radius 2 is 1.35 bits per heavy atom. The van der Waals surface area contributed by atoms with Crippen molar-refractivity contribution in [2.45, 2.75) is 13.2 Å². The van der Waals surface area contributed by atoms with E-state index in [1.165, 1.54) is 0 Å². The largest absolute Gasteiger partial charge is 0.488 e. The SMILES string of the molecule is O=c1cc(OCc2ccccc2)c2ccccc2n1Cc1ccccc1. The number of hydrogen-bond donors (Lipinski definition) is 0. The number of fused-ring (bicyclic) bond motifs is 1. The van der Waals surface area contributed by atoms with Gasteiger partial charge in [-0.3, -0.25) is 4.79 Å². The minimum atomic E-state index is -0.0596. The van der Waals surface area contributed by atoms with Gasteiger partial charge in [-0.2, -0.15) is 0 Å². The average Bonchev–Trinajstić information content (AvgIpc) is 2.70. The van der Waals surface area contributed by atoms with Gasteiger partial charge in [0, 0.05) is 11.5 Å². The molecule has 0 aliphatic carbocycles. The first-order valence-electron chi connectivity index (χ1n) is 8.64. The molecule has 0 radical (unpaired) electrons. The van der Waals surface area contributed by atoms with Gasteiger partial charge < -0.3 is 9.30 Å². The summed E-state index contributed by atoms with van der Waals surface area (Å²) in [7, 11) is 0. The summed E-state index contributed by atoms with van der Waals surface area (Å²) < 4.78 is 7.77. The maximum Gasteiger partial charge on any atom is 0.255 e. The van der Waals surface area contributed by atoms with Crippen LogP contribution in [0.3, 0.4) is 0 Å². The molecule has 3 heteroatoms. The van der Waals surface area contributed by atoms with Gasteiger partial charge in [-0.15, -0.1) is 0 Å². The fourth-order valence-electron chi connectivity index (χ4n) is 3.09. The van der Waals surface area contributed by atoms with Crippen LogP contribution in [-0.4, -0.2) is 4.57 Å². The number of pyridine rings is 1. The Bertz CT molecular complexity index is 1070. The molecule has 0 unspecified atom stereocenters. The summed E-state index contributed by atoms with van der Waals surface area (Å²) in [6.07, 6.45) is 0. The van der Waals surface area contributed by atoms with E-state index in [0.29, 0.717) is 18.9 Å². The summed E-state index contributed by atoms with van der Waals surface area (Å²) in [4.78, 5) is 12.8. The lowest BCUT2D eigenvalue weighted by Gasteiger charge is -2.14. The first-order valence-corrected chi connectivity index (χ1v) is 8.64. The van der Waals surface area contributed by atoms with E-state index in [2.05, 4.69) is 0 Å². The third-order valence-electron chi connectivity index (χ3n) is 4.40. The molecule has 0 aliphatic rings. The van der Waals surface area contributed by atoms with Crippen LogP contribution in [0.4, 0.5) is 0 Å². The second-order valence-corrected chi connectivity index (χ2v) is 6.21. The molecular formula is C23H19NO2. The highest BCUT2D eigenvalue weighted by molar-refractivity contribution is 5.85. The zero-order valence-electron chi connectivity index (χ0n) is 14.3. The molecule has 0 N–H and O–H groups in total. The maximum absolute atomic E-state index is 12.8. The molecule has 0 saturated heterocycles. The van der Waals surface area contributed by atoms with Gasteiger partial charge in [-0.1, -0.05) is 72.8 Å². The number of aromatic nitrogens is 1. The van der Waals surface area contributed by atoms with Gasteiger partial charge in [0.2, 0.25) is 0 Å². The van der Waals surface area contributed by atoms with E-state index in [1.807, 2.05) is 84.9 Å². The minimum Gasteiger partial charge on any atom is -0.488 e. The molecule has 0 aliphatic heterocycles. The van der Waals surface area contributed by atoms with Crippen molar-refractivity contribution in [2.75, 3.05) is 0 Å². The Hall–Kier alpha value is -3.33. The molecule has 4 aromatic rings. The Morgan fingerprint density at radius 1 is 0.731 bits per heavy atom. The Balaban J connectivity index is 1.72. The van der Waals surface area contributed by atoms with Gasteiger partial charge >= 0.3 is 0 Å². The van der Waals surface area contributed by atoms with E-state index >= 15 is 0 Å². The standard InChI is InChI=1S/C23H19NO2/c25-23-15-22(26-17-19-11-5-2-6-12-19)20-13-7-8-14-21(20)24(23)16-18-9-3-1-4-10-18/h1-15H,16-17H2. The molecule has 0 saturated carbocycles. The second kappa shape index (κ2) is 7.28. The van der Waals surface area contributed by atoms with E-state index in [1.54, 1.807) is 10.6 Å². The molecular weight excluding hydrogens is 322 g/mol. The smallest absolute Gasteiger partial charge is 0.255 e.